The molecule has 2 aromatic heterocycles. The van der Waals surface area contributed by atoms with Crippen LogP contribution in [-0.4, -0.2) is 28.8 Å². The summed E-state index contributed by atoms with van der Waals surface area (Å²) in [6.45, 7) is 6.89. The second-order valence-electron chi connectivity index (χ2n) is 7.89. The topological polar surface area (TPSA) is 72.0 Å². The molecule has 0 aliphatic heterocycles. The quantitative estimate of drug-likeness (QED) is 0.356. The van der Waals surface area contributed by atoms with Crippen LogP contribution in [0, 0.1) is 11.3 Å². The number of thiophene rings is 1. The fraction of sp³-hybridized carbons (Fsp3) is 0.632. The maximum atomic E-state index is 12.6. The summed E-state index contributed by atoms with van der Waals surface area (Å²) in [6.07, 6.45) is 4.23. The smallest absolute Gasteiger partial charge is 0.305 e. The van der Waals surface area contributed by atoms with Crippen molar-refractivity contribution in [2.45, 2.75) is 58.0 Å². The van der Waals surface area contributed by atoms with Crippen molar-refractivity contribution < 1.29 is 9.53 Å². The highest BCUT2D eigenvalue weighted by Gasteiger charge is 2.31. The van der Waals surface area contributed by atoms with Crippen molar-refractivity contribution in [1.82, 2.24) is 9.97 Å². The Kier molecular flexibility index (Phi) is 5.77. The lowest BCUT2D eigenvalue weighted by Gasteiger charge is -2.33. The van der Waals surface area contributed by atoms with Crippen LogP contribution < -0.4 is 5.56 Å². The molecule has 26 heavy (non-hydrogen) atoms. The Morgan fingerprint density at radius 2 is 2.19 bits per heavy atom. The van der Waals surface area contributed by atoms with E-state index in [1.165, 1.54) is 29.3 Å². The number of aryl methyl sites for hydroxylation is 1. The number of hydrogen-bond acceptors (Lipinski definition) is 6. The van der Waals surface area contributed by atoms with Crippen molar-refractivity contribution in [1.29, 1.82) is 0 Å². The van der Waals surface area contributed by atoms with Gasteiger partial charge in [0.25, 0.3) is 5.56 Å². The summed E-state index contributed by atoms with van der Waals surface area (Å²) in [4.78, 5) is 33.6. The van der Waals surface area contributed by atoms with E-state index < -0.39 is 0 Å². The van der Waals surface area contributed by atoms with Gasteiger partial charge in [0.15, 0.2) is 5.16 Å². The highest BCUT2D eigenvalue weighted by Crippen LogP contribution is 2.42. The van der Waals surface area contributed by atoms with Crippen molar-refractivity contribution >= 4 is 39.3 Å². The van der Waals surface area contributed by atoms with Gasteiger partial charge in [0.2, 0.25) is 0 Å². The molecule has 0 spiro atoms. The highest BCUT2D eigenvalue weighted by molar-refractivity contribution is 7.99. The van der Waals surface area contributed by atoms with Crippen LogP contribution in [0.2, 0.25) is 0 Å². The van der Waals surface area contributed by atoms with E-state index in [1.807, 2.05) is 0 Å². The Morgan fingerprint density at radius 1 is 1.42 bits per heavy atom. The molecule has 1 unspecified atom stereocenters. The van der Waals surface area contributed by atoms with Gasteiger partial charge in [-0.1, -0.05) is 32.5 Å². The Hall–Kier alpha value is -1.34. The molecule has 0 radical (unpaired) electrons. The van der Waals surface area contributed by atoms with E-state index >= 15 is 0 Å². The molecule has 0 amide bonds. The number of H-pyrrole nitrogens is 1. The molecule has 1 N–H and O–H groups in total. The van der Waals surface area contributed by atoms with Crippen LogP contribution in [0.15, 0.2) is 9.95 Å². The summed E-state index contributed by atoms with van der Waals surface area (Å²) in [5, 5.41) is 1.43. The van der Waals surface area contributed by atoms with Crippen molar-refractivity contribution in [2.75, 3.05) is 12.9 Å². The van der Waals surface area contributed by atoms with Gasteiger partial charge in [0.05, 0.1) is 12.5 Å². The van der Waals surface area contributed by atoms with Gasteiger partial charge in [0, 0.05) is 17.1 Å². The molecule has 1 aliphatic carbocycles. The number of fused-ring (bicyclic) bond motifs is 3. The van der Waals surface area contributed by atoms with Crippen LogP contribution >= 0.6 is 23.1 Å². The molecule has 2 heterocycles. The molecular weight excluding hydrogens is 368 g/mol. The van der Waals surface area contributed by atoms with Gasteiger partial charge in [-0.05, 0) is 42.6 Å². The Bertz CT molecular complexity index is 864. The number of nitrogens with one attached hydrogen (secondary N) is 1. The first kappa shape index (κ1) is 19.4. The molecular formula is C19H26N2O3S2. The summed E-state index contributed by atoms with van der Waals surface area (Å²) in [5.41, 5.74) is 1.47. The third-order valence-electron chi connectivity index (χ3n) is 5.11. The number of aromatic nitrogens is 2. The largest absolute Gasteiger partial charge is 0.469 e. The molecule has 5 nitrogen and oxygen atoms in total. The maximum absolute atomic E-state index is 12.6. The molecule has 142 valence electrons. The summed E-state index contributed by atoms with van der Waals surface area (Å²) < 4.78 is 4.64. The summed E-state index contributed by atoms with van der Waals surface area (Å²) in [6, 6.07) is 0. The molecule has 0 fully saturated rings. The van der Waals surface area contributed by atoms with Crippen LogP contribution in [0.3, 0.4) is 0 Å². The first-order valence-electron chi connectivity index (χ1n) is 9.03. The van der Waals surface area contributed by atoms with E-state index in [2.05, 4.69) is 35.5 Å². The number of rotatable bonds is 5. The van der Waals surface area contributed by atoms with E-state index in [1.54, 1.807) is 11.3 Å². The van der Waals surface area contributed by atoms with Crippen LogP contribution in [-0.2, 0) is 22.4 Å². The minimum Gasteiger partial charge on any atom is -0.469 e. The average Bonchev–Trinajstić information content (AvgIpc) is 2.95. The first-order chi connectivity index (χ1) is 12.3. The second kappa shape index (κ2) is 7.72. The zero-order valence-corrected chi connectivity index (χ0v) is 17.4. The van der Waals surface area contributed by atoms with Crippen LogP contribution in [0.5, 0.6) is 0 Å². The third kappa shape index (κ3) is 4.14. The Balaban J connectivity index is 1.78. The lowest BCUT2D eigenvalue weighted by atomic mass is 9.72. The lowest BCUT2D eigenvalue weighted by molar-refractivity contribution is -0.140. The molecule has 2 aromatic rings. The van der Waals surface area contributed by atoms with Gasteiger partial charge in [-0.15, -0.1) is 11.3 Å². The average molecular weight is 395 g/mol. The van der Waals surface area contributed by atoms with Crippen molar-refractivity contribution in [3.05, 3.63) is 20.8 Å². The van der Waals surface area contributed by atoms with Crippen LogP contribution in [0.1, 0.15) is 50.5 Å². The van der Waals surface area contributed by atoms with Gasteiger partial charge in [-0.2, -0.15) is 0 Å². The van der Waals surface area contributed by atoms with Gasteiger partial charge >= 0.3 is 5.97 Å². The van der Waals surface area contributed by atoms with Gasteiger partial charge in [0.1, 0.15) is 4.83 Å². The minimum absolute atomic E-state index is 0.0304. The van der Waals surface area contributed by atoms with Crippen molar-refractivity contribution in [3.8, 4) is 0 Å². The predicted molar refractivity (Wildman–Crippen MR) is 107 cm³/mol. The number of thioether (sulfide) groups is 1. The monoisotopic (exact) mass is 394 g/mol. The molecule has 0 saturated carbocycles. The normalized spacial score (nSPS) is 17.3. The minimum atomic E-state index is -0.207. The number of hydrogen-bond donors (Lipinski definition) is 1. The van der Waals surface area contributed by atoms with Gasteiger partial charge in [-0.3, -0.25) is 9.59 Å². The Labute approximate surface area is 161 Å². The number of ether oxygens (including phenoxy) is 1. The van der Waals surface area contributed by atoms with E-state index in [4.69, 9.17) is 0 Å². The summed E-state index contributed by atoms with van der Waals surface area (Å²) >= 11 is 3.16. The van der Waals surface area contributed by atoms with E-state index in [-0.39, 0.29) is 16.9 Å². The van der Waals surface area contributed by atoms with Crippen molar-refractivity contribution in [3.63, 3.8) is 0 Å². The number of carbonyl (C=O) groups is 1. The zero-order chi connectivity index (χ0) is 18.9. The molecule has 7 heteroatoms. The molecule has 1 atom stereocenters. The standard InChI is InChI=1S/C19H26N2O3S2/c1-19(2,3)11-7-8-12-13(10-11)26-17-15(12)16(23)20-18(21-17)25-9-5-6-14(22)24-4/h11H,5-10H2,1-4H3,(H,20,21,23). The molecule has 0 aromatic carbocycles. The number of methoxy groups -OCH3 is 1. The van der Waals surface area contributed by atoms with Gasteiger partial charge < -0.3 is 9.72 Å². The van der Waals surface area contributed by atoms with Gasteiger partial charge in [-0.25, -0.2) is 4.98 Å². The number of nitrogens with zero attached hydrogens (tertiary/aromatic N) is 1. The van der Waals surface area contributed by atoms with E-state index in [9.17, 15) is 9.59 Å². The maximum Gasteiger partial charge on any atom is 0.305 e. The third-order valence-corrected chi connectivity index (χ3v) is 7.22. The van der Waals surface area contributed by atoms with E-state index in [0.717, 1.165) is 35.2 Å². The SMILES string of the molecule is COC(=O)CCCSc1nc2sc3c(c2c(=O)[nH]1)CCC(C(C)(C)C)C3. The highest BCUT2D eigenvalue weighted by atomic mass is 32.2. The fourth-order valence-corrected chi connectivity index (χ4v) is 5.62. The number of carbonyl (C=O) groups excluding carboxylic acids is 1. The zero-order valence-electron chi connectivity index (χ0n) is 15.8. The van der Waals surface area contributed by atoms with Crippen LogP contribution in [0.4, 0.5) is 0 Å². The molecule has 1 aliphatic rings. The summed E-state index contributed by atoms with van der Waals surface area (Å²) in [5.74, 6) is 1.16. The summed E-state index contributed by atoms with van der Waals surface area (Å²) in [7, 11) is 1.39. The second-order valence-corrected chi connectivity index (χ2v) is 10.1. The van der Waals surface area contributed by atoms with Crippen molar-refractivity contribution in [2.24, 2.45) is 11.3 Å². The molecule has 0 saturated heterocycles. The molecule has 0 bridgehead atoms. The molecule has 3 rings (SSSR count). The van der Waals surface area contributed by atoms with Crippen LogP contribution in [0.25, 0.3) is 10.2 Å². The van der Waals surface area contributed by atoms with E-state index in [0.29, 0.717) is 23.9 Å². The Morgan fingerprint density at radius 3 is 2.88 bits per heavy atom. The predicted octanol–water partition coefficient (Wildman–Crippen LogP) is 4.18. The number of esters is 1. The fourth-order valence-electron chi connectivity index (χ4n) is 3.46. The first-order valence-corrected chi connectivity index (χ1v) is 10.8. The lowest BCUT2D eigenvalue weighted by Crippen LogP contribution is -2.26. The number of aromatic amines is 1.